The molecule has 2 fully saturated rings. The van der Waals surface area contributed by atoms with Crippen molar-refractivity contribution in [3.05, 3.63) is 0 Å². The topological polar surface area (TPSA) is 24.9 Å². The van der Waals surface area contributed by atoms with Crippen molar-refractivity contribution >= 4 is 0 Å². The lowest BCUT2D eigenvalue weighted by atomic mass is 9.86. The quantitative estimate of drug-likeness (QED) is 0.779. The maximum atomic E-state index is 6.05. The van der Waals surface area contributed by atoms with Crippen molar-refractivity contribution in [3.8, 4) is 0 Å². The van der Waals surface area contributed by atoms with E-state index in [1.165, 1.54) is 13.0 Å². The molecule has 22 heavy (non-hydrogen) atoms. The number of nitrogens with zero attached hydrogens (tertiary/aromatic N) is 2. The highest BCUT2D eigenvalue weighted by atomic mass is 16.5. The van der Waals surface area contributed by atoms with Crippen LogP contribution in [-0.4, -0.2) is 74.5 Å². The third-order valence-electron chi connectivity index (χ3n) is 5.31. The van der Waals surface area contributed by atoms with E-state index in [1.807, 2.05) is 0 Å². The van der Waals surface area contributed by atoms with Gasteiger partial charge in [0.05, 0.1) is 25.9 Å². The molecule has 3 unspecified atom stereocenters. The van der Waals surface area contributed by atoms with Gasteiger partial charge in [-0.25, -0.2) is 0 Å². The second kappa shape index (κ2) is 8.09. The third kappa shape index (κ3) is 5.48. The van der Waals surface area contributed by atoms with E-state index >= 15 is 0 Å². The van der Waals surface area contributed by atoms with Gasteiger partial charge in [0.25, 0.3) is 0 Å². The molecule has 0 amide bonds. The van der Waals surface area contributed by atoms with Crippen molar-refractivity contribution in [2.24, 2.45) is 11.3 Å². The van der Waals surface area contributed by atoms with E-state index in [1.54, 1.807) is 0 Å². The molecule has 0 spiro atoms. The first-order valence-corrected chi connectivity index (χ1v) is 9.02. The molecule has 3 atom stereocenters. The van der Waals surface area contributed by atoms with E-state index in [0.29, 0.717) is 23.5 Å². The van der Waals surface area contributed by atoms with Crippen molar-refractivity contribution in [1.82, 2.24) is 9.80 Å². The molecule has 2 aliphatic rings. The first-order valence-electron chi connectivity index (χ1n) is 9.02. The third-order valence-corrected chi connectivity index (χ3v) is 5.31. The largest absolute Gasteiger partial charge is 0.379 e. The smallest absolute Gasteiger partial charge is 0.0705 e. The van der Waals surface area contributed by atoms with Gasteiger partial charge in [-0.1, -0.05) is 27.7 Å². The Morgan fingerprint density at radius 2 is 1.73 bits per heavy atom. The Kier molecular flexibility index (Phi) is 6.69. The van der Waals surface area contributed by atoms with E-state index in [9.17, 15) is 0 Å². The summed E-state index contributed by atoms with van der Waals surface area (Å²) in [5, 5.41) is 0. The summed E-state index contributed by atoms with van der Waals surface area (Å²) in [6, 6.07) is 0.605. The van der Waals surface area contributed by atoms with Gasteiger partial charge in [-0.15, -0.1) is 0 Å². The van der Waals surface area contributed by atoms with Crippen molar-refractivity contribution in [3.63, 3.8) is 0 Å². The molecule has 4 nitrogen and oxygen atoms in total. The van der Waals surface area contributed by atoms with E-state index in [4.69, 9.17) is 9.47 Å². The highest BCUT2D eigenvalue weighted by Crippen LogP contribution is 2.26. The molecule has 0 aliphatic carbocycles. The summed E-state index contributed by atoms with van der Waals surface area (Å²) in [5.74, 6) is 0.688. The first kappa shape index (κ1) is 18.2. The number of hydrogen-bond donors (Lipinski definition) is 0. The molecule has 0 aromatic rings. The maximum Gasteiger partial charge on any atom is 0.0705 e. The Labute approximate surface area is 137 Å². The normalized spacial score (nSPS) is 28.5. The van der Waals surface area contributed by atoms with E-state index in [0.717, 1.165) is 46.0 Å². The van der Waals surface area contributed by atoms with Gasteiger partial charge >= 0.3 is 0 Å². The average molecular weight is 312 g/mol. The van der Waals surface area contributed by atoms with Crippen LogP contribution in [0.3, 0.4) is 0 Å². The summed E-state index contributed by atoms with van der Waals surface area (Å²) in [4.78, 5) is 5.15. The maximum absolute atomic E-state index is 6.05. The Bertz CT molecular complexity index is 324. The Hall–Kier alpha value is -0.160. The molecular weight excluding hydrogens is 276 g/mol. The first-order chi connectivity index (χ1) is 10.4. The Morgan fingerprint density at radius 1 is 1.05 bits per heavy atom. The van der Waals surface area contributed by atoms with Gasteiger partial charge < -0.3 is 9.47 Å². The van der Waals surface area contributed by atoms with Crippen molar-refractivity contribution in [2.75, 3.05) is 52.5 Å². The van der Waals surface area contributed by atoms with Gasteiger partial charge in [0.1, 0.15) is 0 Å². The van der Waals surface area contributed by atoms with Crippen LogP contribution >= 0.6 is 0 Å². The molecule has 2 aliphatic heterocycles. The fourth-order valence-electron chi connectivity index (χ4n) is 3.53. The van der Waals surface area contributed by atoms with Crippen molar-refractivity contribution in [1.29, 1.82) is 0 Å². The van der Waals surface area contributed by atoms with Gasteiger partial charge in [-0.05, 0) is 24.7 Å². The summed E-state index contributed by atoms with van der Waals surface area (Å²) in [6.07, 6.45) is 1.57. The number of morpholine rings is 2. The van der Waals surface area contributed by atoms with Crippen LogP contribution in [0, 0.1) is 11.3 Å². The zero-order valence-electron chi connectivity index (χ0n) is 15.3. The van der Waals surface area contributed by atoms with E-state index < -0.39 is 0 Å². The molecule has 0 radical (unpaired) electrons. The summed E-state index contributed by atoms with van der Waals surface area (Å²) < 4.78 is 11.5. The van der Waals surface area contributed by atoms with Crippen LogP contribution in [0.4, 0.5) is 0 Å². The predicted octanol–water partition coefficient (Wildman–Crippen LogP) is 2.48. The van der Waals surface area contributed by atoms with Crippen LogP contribution in [-0.2, 0) is 9.47 Å². The lowest BCUT2D eigenvalue weighted by molar-refractivity contribution is -0.0661. The fraction of sp³-hybridized carbons (Fsp3) is 1.00. The van der Waals surface area contributed by atoms with Crippen LogP contribution in [0.5, 0.6) is 0 Å². The predicted molar refractivity (Wildman–Crippen MR) is 91.3 cm³/mol. The number of ether oxygens (including phenoxy) is 2. The minimum Gasteiger partial charge on any atom is -0.379 e. The molecule has 2 heterocycles. The average Bonchev–Trinajstić information content (AvgIpc) is 2.46. The lowest BCUT2D eigenvalue weighted by Gasteiger charge is -2.43. The van der Waals surface area contributed by atoms with Crippen molar-refractivity contribution in [2.45, 2.75) is 53.2 Å². The SMILES string of the molecule is CC(CC1CN(C(C)C(C)(C)C)CCO1)CN1CCOCC1. The van der Waals surface area contributed by atoms with E-state index in [2.05, 4.69) is 44.4 Å². The Balaban J connectivity index is 1.77. The zero-order valence-corrected chi connectivity index (χ0v) is 15.3. The van der Waals surface area contributed by atoms with Crippen LogP contribution in [0.1, 0.15) is 41.0 Å². The number of rotatable bonds is 5. The van der Waals surface area contributed by atoms with Crippen LogP contribution in [0.15, 0.2) is 0 Å². The molecule has 2 saturated heterocycles. The molecule has 0 aromatic carbocycles. The van der Waals surface area contributed by atoms with Crippen LogP contribution < -0.4 is 0 Å². The molecule has 2 rings (SSSR count). The fourth-order valence-corrected chi connectivity index (χ4v) is 3.53. The van der Waals surface area contributed by atoms with Crippen molar-refractivity contribution < 1.29 is 9.47 Å². The molecular formula is C18H36N2O2. The summed E-state index contributed by atoms with van der Waals surface area (Å²) in [7, 11) is 0. The van der Waals surface area contributed by atoms with Gasteiger partial charge in [0.15, 0.2) is 0 Å². The van der Waals surface area contributed by atoms with Crippen LogP contribution in [0.2, 0.25) is 0 Å². The molecule has 4 heteroatoms. The standard InChI is InChI=1S/C18H36N2O2/c1-15(13-19-6-9-21-10-7-19)12-17-14-20(8-11-22-17)16(2)18(3,4)5/h15-17H,6-14H2,1-5H3. The summed E-state index contributed by atoms with van der Waals surface area (Å²) in [6.45, 7) is 19.9. The highest BCUT2D eigenvalue weighted by molar-refractivity contribution is 4.84. The van der Waals surface area contributed by atoms with Gasteiger partial charge in [0.2, 0.25) is 0 Å². The van der Waals surface area contributed by atoms with Crippen LogP contribution in [0.25, 0.3) is 0 Å². The number of hydrogen-bond acceptors (Lipinski definition) is 4. The lowest BCUT2D eigenvalue weighted by Crippen LogP contribution is -2.51. The highest BCUT2D eigenvalue weighted by Gasteiger charge is 2.31. The summed E-state index contributed by atoms with van der Waals surface area (Å²) in [5.41, 5.74) is 0.335. The molecule has 0 aromatic heterocycles. The van der Waals surface area contributed by atoms with Gasteiger partial charge in [-0.2, -0.15) is 0 Å². The van der Waals surface area contributed by atoms with Gasteiger partial charge in [-0.3, -0.25) is 9.80 Å². The second-order valence-electron chi connectivity index (χ2n) is 8.28. The van der Waals surface area contributed by atoms with E-state index in [-0.39, 0.29) is 0 Å². The molecule has 0 bridgehead atoms. The Morgan fingerprint density at radius 3 is 2.36 bits per heavy atom. The molecule has 0 saturated carbocycles. The van der Waals surface area contributed by atoms with Gasteiger partial charge in [0, 0.05) is 38.8 Å². The minimum absolute atomic E-state index is 0.335. The molecule has 130 valence electrons. The second-order valence-corrected chi connectivity index (χ2v) is 8.28. The monoisotopic (exact) mass is 312 g/mol. The zero-order chi connectivity index (χ0) is 16.2. The summed E-state index contributed by atoms with van der Waals surface area (Å²) >= 11 is 0. The minimum atomic E-state index is 0.335. The molecule has 0 N–H and O–H groups in total.